The van der Waals surface area contributed by atoms with Crippen molar-refractivity contribution in [1.82, 2.24) is 4.90 Å². The van der Waals surface area contributed by atoms with E-state index in [0.29, 0.717) is 35.9 Å². The van der Waals surface area contributed by atoms with Gasteiger partial charge in [0.2, 0.25) is 5.91 Å². The number of amides is 1. The highest BCUT2D eigenvalue weighted by molar-refractivity contribution is 6.45. The maximum absolute atomic E-state index is 11.9. The highest BCUT2D eigenvalue weighted by atomic mass is 35.5. The first-order chi connectivity index (χ1) is 17.8. The van der Waals surface area contributed by atoms with Crippen molar-refractivity contribution in [2.75, 3.05) is 49.5 Å². The fourth-order valence-electron chi connectivity index (χ4n) is 4.82. The molecule has 2 aromatic carbocycles. The first-order valence-corrected chi connectivity index (χ1v) is 13.6. The number of benzene rings is 2. The van der Waals surface area contributed by atoms with E-state index in [1.54, 1.807) is 6.07 Å². The molecule has 1 heterocycles. The Hall–Kier alpha value is -2.61. The Kier molecular flexibility index (Phi) is 9.46. The molecule has 37 heavy (non-hydrogen) atoms. The van der Waals surface area contributed by atoms with Crippen LogP contribution in [-0.2, 0) is 27.2 Å². The molecule has 2 aromatic rings. The van der Waals surface area contributed by atoms with E-state index in [4.69, 9.17) is 27.9 Å². The minimum Gasteiger partial charge on any atom is -0.494 e. The lowest BCUT2D eigenvalue weighted by Gasteiger charge is -2.36. The second kappa shape index (κ2) is 12.8. The summed E-state index contributed by atoms with van der Waals surface area (Å²) in [6.45, 7) is 6.54. The van der Waals surface area contributed by atoms with Gasteiger partial charge in [0.15, 0.2) is 0 Å². The Morgan fingerprint density at radius 3 is 2.51 bits per heavy atom. The second-order valence-corrected chi connectivity index (χ2v) is 10.5. The summed E-state index contributed by atoms with van der Waals surface area (Å²) in [5, 5.41) is 3.34. The van der Waals surface area contributed by atoms with Crippen LogP contribution in [0.4, 0.5) is 11.4 Å². The molecule has 9 heteroatoms. The van der Waals surface area contributed by atoms with Gasteiger partial charge in [-0.3, -0.25) is 19.3 Å². The second-order valence-electron chi connectivity index (χ2n) is 9.72. The van der Waals surface area contributed by atoms with Gasteiger partial charge >= 0.3 is 0 Å². The Morgan fingerprint density at radius 1 is 0.973 bits per heavy atom. The van der Waals surface area contributed by atoms with E-state index in [0.717, 1.165) is 69.0 Å². The van der Waals surface area contributed by atoms with Crippen LogP contribution in [0, 0.1) is 0 Å². The number of piperazine rings is 1. The van der Waals surface area contributed by atoms with Crippen LogP contribution in [0.2, 0.25) is 10.0 Å². The summed E-state index contributed by atoms with van der Waals surface area (Å²) in [5.41, 5.74) is 3.63. The summed E-state index contributed by atoms with van der Waals surface area (Å²) in [4.78, 5) is 39.4. The van der Waals surface area contributed by atoms with Gasteiger partial charge < -0.3 is 15.0 Å². The Bertz CT molecular complexity index is 1160. The first kappa shape index (κ1) is 27.4. The Balaban J connectivity index is 1.18. The molecule has 0 radical (unpaired) electrons. The van der Waals surface area contributed by atoms with Crippen LogP contribution >= 0.6 is 23.2 Å². The summed E-state index contributed by atoms with van der Waals surface area (Å²) in [5.74, 6) is 0.537. The van der Waals surface area contributed by atoms with Gasteiger partial charge in [-0.2, -0.15) is 0 Å². The number of fused-ring (bicyclic) bond motifs is 1. The molecule has 0 spiro atoms. The van der Waals surface area contributed by atoms with Crippen LogP contribution < -0.4 is 15.0 Å². The Morgan fingerprint density at radius 2 is 1.76 bits per heavy atom. The van der Waals surface area contributed by atoms with Gasteiger partial charge in [-0.05, 0) is 68.1 Å². The number of aryl methyl sites for hydroxylation is 1. The monoisotopic (exact) mass is 545 g/mol. The zero-order valence-electron chi connectivity index (χ0n) is 21.2. The fourth-order valence-corrected chi connectivity index (χ4v) is 5.31. The minimum atomic E-state index is -0.406. The number of carbonyl (C=O) groups excluding carboxylic acids is 3. The first-order valence-electron chi connectivity index (χ1n) is 12.8. The van der Waals surface area contributed by atoms with Crippen molar-refractivity contribution in [3.05, 3.63) is 51.5 Å². The van der Waals surface area contributed by atoms with Crippen LogP contribution in [0.15, 0.2) is 30.3 Å². The molecule has 4 rings (SSSR count). The zero-order chi connectivity index (χ0) is 26.4. The molecule has 7 nitrogen and oxygen atoms in total. The van der Waals surface area contributed by atoms with Gasteiger partial charge in [0.05, 0.1) is 34.4 Å². The molecule has 1 amide bonds. The van der Waals surface area contributed by atoms with E-state index in [1.165, 1.54) is 12.5 Å². The number of unbranched alkanes of at least 4 members (excludes halogenated alkanes) is 1. The molecule has 0 atom stereocenters. The van der Waals surface area contributed by atoms with Crippen LogP contribution in [0.3, 0.4) is 0 Å². The van der Waals surface area contributed by atoms with E-state index >= 15 is 0 Å². The van der Waals surface area contributed by atoms with Gasteiger partial charge in [0.1, 0.15) is 17.3 Å². The number of carbonyl (C=O) groups is 3. The van der Waals surface area contributed by atoms with Gasteiger partial charge in [-0.25, -0.2) is 0 Å². The number of hydrogen-bond acceptors (Lipinski definition) is 6. The lowest BCUT2D eigenvalue weighted by molar-refractivity contribution is -0.124. The number of halogens is 2. The van der Waals surface area contributed by atoms with E-state index in [9.17, 15) is 14.4 Å². The lowest BCUT2D eigenvalue weighted by atomic mass is 9.91. The summed E-state index contributed by atoms with van der Waals surface area (Å²) >= 11 is 13.0. The third-order valence-electron chi connectivity index (χ3n) is 6.83. The largest absolute Gasteiger partial charge is 0.494 e. The number of ketones is 2. The van der Waals surface area contributed by atoms with Crippen molar-refractivity contribution in [2.24, 2.45) is 0 Å². The molecule has 198 valence electrons. The molecule has 0 saturated carbocycles. The SMILES string of the molecule is CC(=O)CC(=O)Nc1ccc(N2CCN(CCCCOc3ccc4c(c3)CC(=O)CC4)CC2)c(Cl)c1Cl. The number of nitrogens with one attached hydrogen (secondary N) is 1. The maximum atomic E-state index is 11.9. The molecule has 0 unspecified atom stereocenters. The molecule has 1 N–H and O–H groups in total. The predicted molar refractivity (Wildman–Crippen MR) is 147 cm³/mol. The average Bonchev–Trinajstić information content (AvgIpc) is 2.86. The molecule has 1 aliphatic heterocycles. The number of anilines is 2. The summed E-state index contributed by atoms with van der Waals surface area (Å²) in [6.07, 6.45) is 3.83. The normalized spacial score (nSPS) is 15.9. The van der Waals surface area contributed by atoms with Gasteiger partial charge in [-0.1, -0.05) is 29.3 Å². The Labute approximate surface area is 228 Å². The zero-order valence-corrected chi connectivity index (χ0v) is 22.7. The summed E-state index contributed by atoms with van der Waals surface area (Å²) < 4.78 is 5.94. The predicted octanol–water partition coefficient (Wildman–Crippen LogP) is 4.95. The topological polar surface area (TPSA) is 79.0 Å². The minimum absolute atomic E-state index is 0.194. The molecule has 1 fully saturated rings. The molecule has 1 saturated heterocycles. The van der Waals surface area contributed by atoms with Crippen LogP contribution in [0.1, 0.15) is 43.7 Å². The number of Topliss-reactive ketones (excluding diaryl/α,β-unsaturated/α-hetero) is 2. The van der Waals surface area contributed by atoms with Crippen LogP contribution in [0.25, 0.3) is 0 Å². The average molecular weight is 546 g/mol. The molecule has 0 bridgehead atoms. The molecular formula is C28H33Cl2N3O4. The van der Waals surface area contributed by atoms with Crippen molar-refractivity contribution in [1.29, 1.82) is 0 Å². The van der Waals surface area contributed by atoms with Crippen LogP contribution in [-0.4, -0.2) is 61.7 Å². The van der Waals surface area contributed by atoms with Gasteiger partial charge in [0, 0.05) is 39.0 Å². The van der Waals surface area contributed by atoms with E-state index < -0.39 is 5.91 Å². The van der Waals surface area contributed by atoms with E-state index in [2.05, 4.69) is 21.2 Å². The van der Waals surface area contributed by atoms with Crippen LogP contribution in [0.5, 0.6) is 5.75 Å². The summed E-state index contributed by atoms with van der Waals surface area (Å²) in [6, 6.07) is 9.72. The van der Waals surface area contributed by atoms with Crippen molar-refractivity contribution in [3.8, 4) is 5.75 Å². The van der Waals surface area contributed by atoms with Crippen molar-refractivity contribution >= 4 is 52.1 Å². The highest BCUT2D eigenvalue weighted by Gasteiger charge is 2.21. The summed E-state index contributed by atoms with van der Waals surface area (Å²) in [7, 11) is 0. The molecule has 2 aliphatic rings. The lowest BCUT2D eigenvalue weighted by Crippen LogP contribution is -2.46. The van der Waals surface area contributed by atoms with Gasteiger partial charge in [-0.15, -0.1) is 0 Å². The van der Waals surface area contributed by atoms with E-state index in [-0.39, 0.29) is 17.2 Å². The number of rotatable bonds is 10. The standard InChI is InChI=1S/C28H33Cl2N3O4/c1-19(34)16-26(36)31-24-8-9-25(28(30)27(24)29)33-13-11-32(12-14-33)10-2-3-15-37-23-7-5-20-4-6-22(35)17-21(20)18-23/h5,7-9,18H,2-4,6,10-17H2,1H3,(H,31,36). The van der Waals surface area contributed by atoms with Crippen molar-refractivity contribution < 1.29 is 19.1 Å². The van der Waals surface area contributed by atoms with Crippen molar-refractivity contribution in [2.45, 2.75) is 45.4 Å². The smallest absolute Gasteiger partial charge is 0.231 e. The highest BCUT2D eigenvalue weighted by Crippen LogP contribution is 2.38. The van der Waals surface area contributed by atoms with Crippen molar-refractivity contribution in [3.63, 3.8) is 0 Å². The third-order valence-corrected chi connectivity index (χ3v) is 7.71. The quantitative estimate of drug-likeness (QED) is 0.336. The van der Waals surface area contributed by atoms with Gasteiger partial charge in [0.25, 0.3) is 0 Å². The number of nitrogens with zero attached hydrogens (tertiary/aromatic N) is 2. The molecule has 0 aromatic heterocycles. The number of ether oxygens (including phenoxy) is 1. The van der Waals surface area contributed by atoms with E-state index in [1.807, 2.05) is 18.2 Å². The third kappa shape index (κ3) is 7.46. The maximum Gasteiger partial charge on any atom is 0.231 e. The molecular weight excluding hydrogens is 513 g/mol. The fraction of sp³-hybridized carbons (Fsp3) is 0.464. The molecule has 1 aliphatic carbocycles. The number of hydrogen-bond donors (Lipinski definition) is 1.